The summed E-state index contributed by atoms with van der Waals surface area (Å²) >= 11 is 6.03. The lowest BCUT2D eigenvalue weighted by Crippen LogP contribution is -2.35. The first kappa shape index (κ1) is 22.6. The van der Waals surface area contributed by atoms with Crippen molar-refractivity contribution < 1.29 is 9.13 Å². The highest BCUT2D eigenvalue weighted by Crippen LogP contribution is 2.29. The fourth-order valence-electron chi connectivity index (χ4n) is 4.21. The maximum atomic E-state index is 14.3. The van der Waals surface area contributed by atoms with Crippen LogP contribution < -0.4 is 5.32 Å². The lowest BCUT2D eigenvalue weighted by molar-refractivity contribution is 0.0342. The maximum absolute atomic E-state index is 14.3. The third-order valence-corrected chi connectivity index (χ3v) is 6.24. The van der Waals surface area contributed by atoms with Crippen molar-refractivity contribution in [3.05, 3.63) is 71.3 Å². The van der Waals surface area contributed by atoms with Gasteiger partial charge in [0.15, 0.2) is 17.3 Å². The predicted molar refractivity (Wildman–Crippen MR) is 135 cm³/mol. The molecular weight excluding hydrogens is 483 g/mol. The van der Waals surface area contributed by atoms with Crippen molar-refractivity contribution in [3.63, 3.8) is 0 Å². The number of aromatic nitrogens is 6. The van der Waals surface area contributed by atoms with E-state index in [2.05, 4.69) is 47.5 Å². The lowest BCUT2D eigenvalue weighted by Gasteiger charge is -2.26. The van der Waals surface area contributed by atoms with Gasteiger partial charge in [-0.2, -0.15) is 5.10 Å². The number of hydrogen-bond donors (Lipinski definition) is 3. The van der Waals surface area contributed by atoms with Crippen LogP contribution in [0.25, 0.3) is 33.9 Å². The summed E-state index contributed by atoms with van der Waals surface area (Å²) in [6.45, 7) is 4.26. The number of H-pyrrole nitrogens is 2. The molecule has 4 heterocycles. The summed E-state index contributed by atoms with van der Waals surface area (Å²) in [5, 5.41) is 10.9. The SMILES string of the molecule is Fc1ccc(Cl)cc1-c1nccc(Nc2c[nH]nc2-c2nc3cc(CN4CCOCC4)ccc3[nH]2)n1. The third kappa shape index (κ3) is 4.66. The van der Waals surface area contributed by atoms with Gasteiger partial charge < -0.3 is 15.0 Å². The molecular formula is C25H22ClFN8O. The zero-order valence-electron chi connectivity index (χ0n) is 19.1. The number of nitrogens with one attached hydrogen (secondary N) is 3. The highest BCUT2D eigenvalue weighted by Gasteiger charge is 2.16. The van der Waals surface area contributed by atoms with Gasteiger partial charge in [0.25, 0.3) is 0 Å². The Balaban J connectivity index is 1.25. The van der Waals surface area contributed by atoms with Gasteiger partial charge in [0.1, 0.15) is 11.6 Å². The fraction of sp³-hybridized carbons (Fsp3) is 0.200. The first-order valence-electron chi connectivity index (χ1n) is 11.5. The van der Waals surface area contributed by atoms with Gasteiger partial charge in [-0.05, 0) is 42.0 Å². The summed E-state index contributed by atoms with van der Waals surface area (Å²) in [6, 6.07) is 12.2. The van der Waals surface area contributed by atoms with Crippen LogP contribution in [0.3, 0.4) is 0 Å². The van der Waals surface area contributed by atoms with Crippen molar-refractivity contribution in [3.8, 4) is 22.9 Å². The number of benzene rings is 2. The first-order valence-corrected chi connectivity index (χ1v) is 11.9. The van der Waals surface area contributed by atoms with E-state index in [9.17, 15) is 4.39 Å². The highest BCUT2D eigenvalue weighted by atomic mass is 35.5. The minimum atomic E-state index is -0.448. The molecule has 5 aromatic rings. The Kier molecular flexibility index (Phi) is 6.06. The van der Waals surface area contributed by atoms with Crippen LogP contribution in [0.5, 0.6) is 0 Å². The second-order valence-corrected chi connectivity index (χ2v) is 8.92. The van der Waals surface area contributed by atoms with E-state index < -0.39 is 5.82 Å². The Hall–Kier alpha value is -3.86. The van der Waals surface area contributed by atoms with Crippen molar-refractivity contribution >= 4 is 34.1 Å². The second kappa shape index (κ2) is 9.65. The van der Waals surface area contributed by atoms with Crippen molar-refractivity contribution in [1.29, 1.82) is 0 Å². The number of aromatic amines is 2. The number of anilines is 2. The normalized spacial score (nSPS) is 14.4. The largest absolute Gasteiger partial charge is 0.379 e. The zero-order chi connectivity index (χ0) is 24.5. The molecule has 0 spiro atoms. The number of nitrogens with zero attached hydrogens (tertiary/aromatic N) is 5. The van der Waals surface area contributed by atoms with Crippen LogP contribution in [0.4, 0.5) is 15.9 Å². The quantitative estimate of drug-likeness (QED) is 0.305. The number of rotatable bonds is 6. The summed E-state index contributed by atoms with van der Waals surface area (Å²) in [5.74, 6) is 0.871. The van der Waals surface area contributed by atoms with Gasteiger partial charge in [-0.1, -0.05) is 17.7 Å². The molecule has 1 fully saturated rings. The monoisotopic (exact) mass is 504 g/mol. The number of ether oxygens (including phenoxy) is 1. The number of morpholine rings is 1. The first-order chi connectivity index (χ1) is 17.6. The van der Waals surface area contributed by atoms with Gasteiger partial charge in [0, 0.05) is 37.1 Å². The van der Waals surface area contributed by atoms with Crippen LogP contribution in [0, 0.1) is 5.82 Å². The summed E-state index contributed by atoms with van der Waals surface area (Å²) in [6.07, 6.45) is 3.27. The van der Waals surface area contributed by atoms with E-state index in [1.54, 1.807) is 18.5 Å². The molecule has 182 valence electrons. The molecule has 36 heavy (non-hydrogen) atoms. The van der Waals surface area contributed by atoms with E-state index in [4.69, 9.17) is 21.3 Å². The van der Waals surface area contributed by atoms with Crippen molar-refractivity contribution in [2.24, 2.45) is 0 Å². The second-order valence-electron chi connectivity index (χ2n) is 8.49. The molecule has 0 atom stereocenters. The van der Waals surface area contributed by atoms with Crippen LogP contribution in [-0.4, -0.2) is 61.3 Å². The maximum Gasteiger partial charge on any atom is 0.164 e. The average molecular weight is 505 g/mol. The fourth-order valence-corrected chi connectivity index (χ4v) is 4.38. The molecule has 11 heteroatoms. The molecule has 6 rings (SSSR count). The average Bonchev–Trinajstić information content (AvgIpc) is 3.52. The number of imidazole rings is 1. The lowest BCUT2D eigenvalue weighted by atomic mass is 10.2. The van der Waals surface area contributed by atoms with Crippen LogP contribution in [0.15, 0.2) is 54.9 Å². The molecule has 1 saturated heterocycles. The van der Waals surface area contributed by atoms with E-state index in [1.807, 2.05) is 6.07 Å². The molecule has 0 aliphatic carbocycles. The van der Waals surface area contributed by atoms with Gasteiger partial charge >= 0.3 is 0 Å². The van der Waals surface area contributed by atoms with Crippen LogP contribution in [-0.2, 0) is 11.3 Å². The Bertz CT molecular complexity index is 1530. The number of halogens is 2. The Morgan fingerprint density at radius 2 is 1.97 bits per heavy atom. The Morgan fingerprint density at radius 3 is 2.86 bits per heavy atom. The van der Waals surface area contributed by atoms with Gasteiger partial charge in [-0.3, -0.25) is 10.00 Å². The third-order valence-electron chi connectivity index (χ3n) is 6.01. The molecule has 1 aliphatic rings. The van der Waals surface area contributed by atoms with E-state index >= 15 is 0 Å². The molecule has 9 nitrogen and oxygen atoms in total. The smallest absolute Gasteiger partial charge is 0.164 e. The van der Waals surface area contributed by atoms with Gasteiger partial charge in [-0.25, -0.2) is 19.3 Å². The molecule has 2 aromatic carbocycles. The molecule has 1 aliphatic heterocycles. The molecule has 0 radical (unpaired) electrons. The standard InChI is InChI=1S/C25H22ClFN8O/c26-16-2-3-18(27)17(12-16)24-28-6-5-22(33-24)30-21-13-29-34-23(21)25-31-19-4-1-15(11-20(19)32-25)14-35-7-9-36-10-8-35/h1-6,11-13H,7-10,14H2,(H,29,34)(H,31,32)(H,28,30,33). The Morgan fingerprint density at radius 1 is 1.08 bits per heavy atom. The minimum Gasteiger partial charge on any atom is -0.379 e. The summed E-state index contributed by atoms with van der Waals surface area (Å²) in [5.41, 5.74) is 4.48. The highest BCUT2D eigenvalue weighted by molar-refractivity contribution is 6.30. The van der Waals surface area contributed by atoms with Crippen LogP contribution >= 0.6 is 11.6 Å². The van der Waals surface area contributed by atoms with Crippen molar-refractivity contribution in [2.45, 2.75) is 6.54 Å². The topological polar surface area (TPSA) is 108 Å². The van der Waals surface area contributed by atoms with E-state index in [0.29, 0.717) is 28.0 Å². The minimum absolute atomic E-state index is 0.224. The molecule has 0 saturated carbocycles. The molecule has 0 amide bonds. The van der Waals surface area contributed by atoms with Crippen molar-refractivity contribution in [1.82, 2.24) is 35.0 Å². The van der Waals surface area contributed by atoms with Gasteiger partial charge in [-0.15, -0.1) is 0 Å². The number of hydrogen-bond acceptors (Lipinski definition) is 7. The summed E-state index contributed by atoms with van der Waals surface area (Å²) < 4.78 is 19.8. The van der Waals surface area contributed by atoms with E-state index in [0.717, 1.165) is 43.9 Å². The molecule has 3 aromatic heterocycles. The van der Waals surface area contributed by atoms with Gasteiger partial charge in [0.05, 0.1) is 35.5 Å². The predicted octanol–water partition coefficient (Wildman–Crippen LogP) is 4.78. The number of fused-ring (bicyclic) bond motifs is 1. The van der Waals surface area contributed by atoms with Crippen LogP contribution in [0.1, 0.15) is 5.56 Å². The Labute approximate surface area is 210 Å². The summed E-state index contributed by atoms with van der Waals surface area (Å²) in [7, 11) is 0. The van der Waals surface area contributed by atoms with Crippen LogP contribution in [0.2, 0.25) is 5.02 Å². The van der Waals surface area contributed by atoms with E-state index in [1.165, 1.54) is 23.8 Å². The molecule has 0 bridgehead atoms. The van der Waals surface area contributed by atoms with Crippen molar-refractivity contribution in [2.75, 3.05) is 31.6 Å². The van der Waals surface area contributed by atoms with E-state index in [-0.39, 0.29) is 11.4 Å². The molecule has 3 N–H and O–H groups in total. The van der Waals surface area contributed by atoms with Gasteiger partial charge in [0.2, 0.25) is 0 Å². The summed E-state index contributed by atoms with van der Waals surface area (Å²) in [4.78, 5) is 19.2. The molecule has 0 unspecified atom stereocenters. The zero-order valence-corrected chi connectivity index (χ0v) is 19.9.